The molecule has 0 aliphatic rings. The molecule has 116 valence electrons. The zero-order valence-corrected chi connectivity index (χ0v) is 13.4. The largest absolute Gasteiger partial charge is 0.493 e. The van der Waals surface area contributed by atoms with Crippen LogP contribution in [0.5, 0.6) is 5.75 Å². The minimum atomic E-state index is -0.191. The van der Waals surface area contributed by atoms with E-state index in [1.807, 2.05) is 4.68 Å². The van der Waals surface area contributed by atoms with Crippen molar-refractivity contribution in [3.05, 3.63) is 11.9 Å². The van der Waals surface area contributed by atoms with Crippen LogP contribution in [0.4, 0.5) is 0 Å². The second kappa shape index (κ2) is 7.06. The van der Waals surface area contributed by atoms with E-state index in [9.17, 15) is 0 Å². The standard InChI is InChI=1S/C14H28N4O2/c1-7-8-18-12(10(19-5)9-16-18)11(17-15)13(20-6)14(2,3)4/h9,11,13,17H,7-8,15H2,1-6H3. The number of ether oxygens (including phenoxy) is 2. The van der Waals surface area contributed by atoms with Crippen LogP contribution >= 0.6 is 0 Å². The van der Waals surface area contributed by atoms with E-state index in [-0.39, 0.29) is 17.6 Å². The third-order valence-corrected chi connectivity index (χ3v) is 3.38. The summed E-state index contributed by atoms with van der Waals surface area (Å²) in [5.41, 5.74) is 3.73. The minimum absolute atomic E-state index is 0.0713. The van der Waals surface area contributed by atoms with Crippen LogP contribution < -0.4 is 16.0 Å². The van der Waals surface area contributed by atoms with Gasteiger partial charge in [-0.05, 0) is 11.8 Å². The number of rotatable bonds is 7. The van der Waals surface area contributed by atoms with Crippen molar-refractivity contribution in [3.8, 4) is 5.75 Å². The highest BCUT2D eigenvalue weighted by Crippen LogP contribution is 2.35. The molecule has 0 spiro atoms. The number of aryl methyl sites for hydroxylation is 1. The van der Waals surface area contributed by atoms with E-state index in [0.717, 1.165) is 24.4 Å². The molecule has 0 saturated heterocycles. The summed E-state index contributed by atoms with van der Waals surface area (Å²) in [5.74, 6) is 6.53. The molecule has 1 rings (SSSR count). The molecule has 0 bridgehead atoms. The van der Waals surface area contributed by atoms with E-state index >= 15 is 0 Å². The van der Waals surface area contributed by atoms with Gasteiger partial charge in [0.2, 0.25) is 0 Å². The number of hydrogen-bond donors (Lipinski definition) is 2. The van der Waals surface area contributed by atoms with Gasteiger partial charge in [-0.1, -0.05) is 27.7 Å². The molecule has 0 aliphatic heterocycles. The molecule has 6 heteroatoms. The number of aromatic nitrogens is 2. The fraction of sp³-hybridized carbons (Fsp3) is 0.786. The lowest BCUT2D eigenvalue weighted by Gasteiger charge is -2.36. The molecular weight excluding hydrogens is 256 g/mol. The third kappa shape index (κ3) is 3.50. The Morgan fingerprint density at radius 3 is 2.45 bits per heavy atom. The van der Waals surface area contributed by atoms with E-state index in [1.165, 1.54) is 0 Å². The van der Waals surface area contributed by atoms with E-state index < -0.39 is 0 Å². The fourth-order valence-corrected chi connectivity index (χ4v) is 2.54. The first-order valence-corrected chi connectivity index (χ1v) is 6.99. The van der Waals surface area contributed by atoms with Crippen molar-refractivity contribution in [1.29, 1.82) is 0 Å². The van der Waals surface area contributed by atoms with E-state index in [2.05, 4.69) is 38.2 Å². The van der Waals surface area contributed by atoms with E-state index in [0.29, 0.717) is 0 Å². The number of hydrogen-bond acceptors (Lipinski definition) is 5. The lowest BCUT2D eigenvalue weighted by molar-refractivity contribution is -0.0146. The summed E-state index contributed by atoms with van der Waals surface area (Å²) < 4.78 is 13.0. The first kappa shape index (κ1) is 16.9. The molecule has 3 N–H and O–H groups in total. The average molecular weight is 284 g/mol. The van der Waals surface area contributed by atoms with Gasteiger partial charge in [0.1, 0.15) is 5.69 Å². The molecular formula is C14H28N4O2. The Hall–Kier alpha value is -1.11. The van der Waals surface area contributed by atoms with Crippen molar-refractivity contribution in [1.82, 2.24) is 15.2 Å². The van der Waals surface area contributed by atoms with Gasteiger partial charge in [0.25, 0.3) is 0 Å². The number of hydrazine groups is 1. The number of methoxy groups -OCH3 is 2. The SMILES string of the molecule is CCCn1ncc(OC)c1C(NN)C(OC)C(C)(C)C. The van der Waals surface area contributed by atoms with Gasteiger partial charge in [-0.2, -0.15) is 5.10 Å². The van der Waals surface area contributed by atoms with Crippen LogP contribution in [0.25, 0.3) is 0 Å². The zero-order chi connectivity index (χ0) is 15.3. The maximum absolute atomic E-state index is 5.80. The first-order chi connectivity index (χ1) is 9.40. The highest BCUT2D eigenvalue weighted by molar-refractivity contribution is 5.29. The predicted molar refractivity (Wildman–Crippen MR) is 79.4 cm³/mol. The van der Waals surface area contributed by atoms with Crippen molar-refractivity contribution >= 4 is 0 Å². The first-order valence-electron chi connectivity index (χ1n) is 6.99. The second-order valence-electron chi connectivity index (χ2n) is 5.99. The quantitative estimate of drug-likeness (QED) is 0.590. The van der Waals surface area contributed by atoms with Gasteiger partial charge < -0.3 is 9.47 Å². The van der Waals surface area contributed by atoms with Gasteiger partial charge in [-0.15, -0.1) is 0 Å². The summed E-state index contributed by atoms with van der Waals surface area (Å²) in [4.78, 5) is 0. The Bertz CT molecular complexity index is 412. The summed E-state index contributed by atoms with van der Waals surface area (Å²) in [6, 6.07) is -0.191. The van der Waals surface area contributed by atoms with Gasteiger partial charge in [-0.3, -0.25) is 10.5 Å². The van der Waals surface area contributed by atoms with Crippen LogP contribution in [0.15, 0.2) is 6.20 Å². The van der Waals surface area contributed by atoms with Crippen molar-refractivity contribution in [2.45, 2.75) is 52.8 Å². The van der Waals surface area contributed by atoms with Crippen LogP contribution in [0.2, 0.25) is 0 Å². The molecule has 1 heterocycles. The van der Waals surface area contributed by atoms with Gasteiger partial charge >= 0.3 is 0 Å². The van der Waals surface area contributed by atoms with Crippen LogP contribution in [-0.2, 0) is 11.3 Å². The average Bonchev–Trinajstić information content (AvgIpc) is 2.77. The smallest absolute Gasteiger partial charge is 0.161 e. The molecule has 1 aromatic heterocycles. The summed E-state index contributed by atoms with van der Waals surface area (Å²) in [5, 5.41) is 4.38. The van der Waals surface area contributed by atoms with Crippen LogP contribution in [0, 0.1) is 5.41 Å². The molecule has 2 unspecified atom stereocenters. The fourth-order valence-electron chi connectivity index (χ4n) is 2.54. The molecule has 20 heavy (non-hydrogen) atoms. The third-order valence-electron chi connectivity index (χ3n) is 3.38. The van der Waals surface area contributed by atoms with Crippen molar-refractivity contribution in [2.24, 2.45) is 11.3 Å². The Morgan fingerprint density at radius 2 is 2.05 bits per heavy atom. The normalized spacial score (nSPS) is 15.2. The molecule has 0 aliphatic carbocycles. The summed E-state index contributed by atoms with van der Waals surface area (Å²) in [7, 11) is 3.34. The zero-order valence-electron chi connectivity index (χ0n) is 13.4. The minimum Gasteiger partial charge on any atom is -0.493 e. The highest BCUT2D eigenvalue weighted by atomic mass is 16.5. The lowest BCUT2D eigenvalue weighted by atomic mass is 9.83. The summed E-state index contributed by atoms with van der Waals surface area (Å²) >= 11 is 0. The maximum atomic E-state index is 5.80. The Balaban J connectivity index is 3.25. The predicted octanol–water partition coefficient (Wildman–Crippen LogP) is 1.87. The molecule has 0 fully saturated rings. The number of nitrogens with zero attached hydrogens (tertiary/aromatic N) is 2. The Morgan fingerprint density at radius 1 is 1.40 bits per heavy atom. The maximum Gasteiger partial charge on any atom is 0.161 e. The Labute approximate surface area is 121 Å². The lowest BCUT2D eigenvalue weighted by Crippen LogP contribution is -2.45. The summed E-state index contributed by atoms with van der Waals surface area (Å²) in [6.07, 6.45) is 2.61. The van der Waals surface area contributed by atoms with Gasteiger partial charge in [0.15, 0.2) is 5.75 Å². The van der Waals surface area contributed by atoms with Gasteiger partial charge in [0, 0.05) is 13.7 Å². The van der Waals surface area contributed by atoms with Crippen LogP contribution in [0.3, 0.4) is 0 Å². The van der Waals surface area contributed by atoms with Crippen molar-refractivity contribution < 1.29 is 9.47 Å². The molecule has 0 radical (unpaired) electrons. The molecule has 1 aromatic rings. The van der Waals surface area contributed by atoms with Gasteiger partial charge in [-0.25, -0.2) is 5.43 Å². The second-order valence-corrected chi connectivity index (χ2v) is 5.99. The number of nitrogens with one attached hydrogen (secondary N) is 1. The molecule has 2 atom stereocenters. The number of nitrogens with two attached hydrogens (primary N) is 1. The molecule has 6 nitrogen and oxygen atoms in total. The van der Waals surface area contributed by atoms with Gasteiger partial charge in [0.05, 0.1) is 25.5 Å². The van der Waals surface area contributed by atoms with Crippen LogP contribution in [-0.4, -0.2) is 30.1 Å². The Kier molecular flexibility index (Phi) is 5.98. The van der Waals surface area contributed by atoms with Crippen molar-refractivity contribution in [3.63, 3.8) is 0 Å². The van der Waals surface area contributed by atoms with Crippen LogP contribution in [0.1, 0.15) is 45.9 Å². The molecule has 0 amide bonds. The highest BCUT2D eigenvalue weighted by Gasteiger charge is 2.36. The van der Waals surface area contributed by atoms with E-state index in [4.69, 9.17) is 15.3 Å². The molecule has 0 saturated carbocycles. The monoisotopic (exact) mass is 284 g/mol. The topological polar surface area (TPSA) is 74.3 Å². The molecule has 0 aromatic carbocycles. The summed E-state index contributed by atoms with van der Waals surface area (Å²) in [6.45, 7) is 9.30. The van der Waals surface area contributed by atoms with Crippen molar-refractivity contribution in [2.75, 3.05) is 14.2 Å². The van der Waals surface area contributed by atoms with E-state index in [1.54, 1.807) is 20.4 Å².